The Labute approximate surface area is 436 Å². The van der Waals surface area contributed by atoms with E-state index in [1.165, 1.54) is 244 Å². The number of aliphatic hydroxyl groups excluding tert-OH is 2. The summed E-state index contributed by atoms with van der Waals surface area (Å²) in [5.41, 5.74) is 0. The van der Waals surface area contributed by atoms with Gasteiger partial charge in [-0.1, -0.05) is 274 Å². The maximum absolute atomic E-state index is 12.5. The Balaban J connectivity index is 3.44. The lowest BCUT2D eigenvalue weighted by molar-refractivity contribution is -0.143. The summed E-state index contributed by atoms with van der Waals surface area (Å²) in [5.74, 6) is -0.0755. The smallest absolute Gasteiger partial charge is 0.305 e. The molecule has 0 saturated carbocycles. The van der Waals surface area contributed by atoms with E-state index in [0.717, 1.165) is 51.4 Å². The number of rotatable bonds is 57. The van der Waals surface area contributed by atoms with E-state index in [2.05, 4.69) is 55.6 Å². The summed E-state index contributed by atoms with van der Waals surface area (Å²) in [7, 11) is 0. The number of esters is 1. The SMILES string of the molecule is CCC/C=C\C/C=C\CCCCCCCC(=O)OCCCCCCCCCCCCCC/C=C\CCCCCCCCCCC(=O)NC(CO)C(O)/C=C/CCCCCCCCCCCCCCCC. The summed E-state index contributed by atoms with van der Waals surface area (Å²) in [5, 5.41) is 23.1. The van der Waals surface area contributed by atoms with E-state index in [9.17, 15) is 19.8 Å². The molecule has 0 spiro atoms. The molecule has 0 aliphatic carbocycles. The lowest BCUT2D eigenvalue weighted by Crippen LogP contribution is -2.45. The minimum absolute atomic E-state index is 0.00370. The fourth-order valence-electron chi connectivity index (χ4n) is 9.31. The number of aliphatic hydroxyl groups is 2. The molecule has 0 saturated heterocycles. The van der Waals surface area contributed by atoms with Crippen molar-refractivity contribution in [1.29, 1.82) is 0 Å². The van der Waals surface area contributed by atoms with Crippen molar-refractivity contribution in [3.8, 4) is 0 Å². The van der Waals surface area contributed by atoms with Crippen LogP contribution in [-0.2, 0) is 14.3 Å². The molecule has 2 unspecified atom stereocenters. The topological polar surface area (TPSA) is 95.9 Å². The molecule has 0 aliphatic heterocycles. The van der Waals surface area contributed by atoms with Crippen molar-refractivity contribution in [3.63, 3.8) is 0 Å². The van der Waals surface area contributed by atoms with Gasteiger partial charge in [-0.3, -0.25) is 9.59 Å². The van der Waals surface area contributed by atoms with Crippen LogP contribution in [0.1, 0.15) is 322 Å². The molecule has 0 aromatic heterocycles. The molecule has 70 heavy (non-hydrogen) atoms. The Kier molecular flexibility index (Phi) is 57.5. The molecule has 0 aromatic carbocycles. The second kappa shape index (κ2) is 59.4. The van der Waals surface area contributed by atoms with E-state index in [4.69, 9.17) is 4.74 Å². The van der Waals surface area contributed by atoms with E-state index < -0.39 is 12.1 Å². The minimum atomic E-state index is -0.848. The molecular weight excluding hydrogens is 863 g/mol. The number of hydrogen-bond donors (Lipinski definition) is 3. The highest BCUT2D eigenvalue weighted by Crippen LogP contribution is 2.17. The Morgan fingerprint density at radius 1 is 0.400 bits per heavy atom. The van der Waals surface area contributed by atoms with Gasteiger partial charge < -0.3 is 20.3 Å². The minimum Gasteiger partial charge on any atom is -0.466 e. The van der Waals surface area contributed by atoms with Gasteiger partial charge >= 0.3 is 5.97 Å². The second-order valence-corrected chi connectivity index (χ2v) is 21.0. The monoisotopic (exact) mass is 982 g/mol. The molecule has 0 bridgehead atoms. The van der Waals surface area contributed by atoms with Gasteiger partial charge in [0.15, 0.2) is 0 Å². The number of carbonyl (C=O) groups is 2. The number of amides is 1. The predicted molar refractivity (Wildman–Crippen MR) is 306 cm³/mol. The third kappa shape index (κ3) is 55.1. The van der Waals surface area contributed by atoms with Gasteiger partial charge in [-0.15, -0.1) is 0 Å². The molecule has 1 amide bonds. The Bertz CT molecular complexity index is 1180. The normalized spacial score (nSPS) is 12.9. The molecule has 6 heteroatoms. The highest BCUT2D eigenvalue weighted by atomic mass is 16.5. The lowest BCUT2D eigenvalue weighted by atomic mass is 10.0. The highest BCUT2D eigenvalue weighted by Gasteiger charge is 2.18. The van der Waals surface area contributed by atoms with Crippen LogP contribution >= 0.6 is 0 Å². The molecule has 0 heterocycles. The van der Waals surface area contributed by atoms with Crippen molar-refractivity contribution in [2.75, 3.05) is 13.2 Å². The maximum Gasteiger partial charge on any atom is 0.305 e. The van der Waals surface area contributed by atoms with Gasteiger partial charge in [-0.25, -0.2) is 0 Å². The average Bonchev–Trinajstić information content (AvgIpc) is 3.36. The van der Waals surface area contributed by atoms with Gasteiger partial charge in [0.05, 0.1) is 25.4 Å². The van der Waals surface area contributed by atoms with Crippen molar-refractivity contribution in [2.24, 2.45) is 0 Å². The molecule has 0 fully saturated rings. The molecule has 0 aromatic rings. The lowest BCUT2D eigenvalue weighted by Gasteiger charge is -2.20. The number of unbranched alkanes of at least 4 members (excludes halogenated alkanes) is 40. The van der Waals surface area contributed by atoms with Crippen LogP contribution in [0.4, 0.5) is 0 Å². The van der Waals surface area contributed by atoms with E-state index in [-0.39, 0.29) is 18.5 Å². The largest absolute Gasteiger partial charge is 0.466 e. The van der Waals surface area contributed by atoms with E-state index in [1.54, 1.807) is 6.08 Å². The van der Waals surface area contributed by atoms with Crippen molar-refractivity contribution in [1.82, 2.24) is 5.32 Å². The third-order valence-electron chi connectivity index (χ3n) is 14.0. The summed E-state index contributed by atoms with van der Waals surface area (Å²) < 4.78 is 5.47. The molecule has 0 radical (unpaired) electrons. The van der Waals surface area contributed by atoms with Crippen LogP contribution in [-0.4, -0.2) is 47.4 Å². The van der Waals surface area contributed by atoms with E-state index in [0.29, 0.717) is 19.4 Å². The first kappa shape index (κ1) is 67.8. The fraction of sp³-hybridized carbons (Fsp3) is 0.844. The van der Waals surface area contributed by atoms with Crippen LogP contribution in [0.15, 0.2) is 48.6 Å². The summed E-state index contributed by atoms with van der Waals surface area (Å²) in [6.45, 7) is 4.84. The number of nitrogens with one attached hydrogen (secondary N) is 1. The number of allylic oxidation sites excluding steroid dienone is 7. The Morgan fingerprint density at radius 2 is 0.743 bits per heavy atom. The first-order valence-electron chi connectivity index (χ1n) is 30.9. The van der Waals surface area contributed by atoms with Crippen LogP contribution < -0.4 is 5.32 Å². The van der Waals surface area contributed by atoms with Crippen LogP contribution in [0.5, 0.6) is 0 Å². The standard InChI is InChI=1S/C64H119NO5/c1-3-5-7-9-11-13-15-17-18-29-33-36-40-44-48-52-56-62(67)61(60-66)65-63(68)57-53-49-45-41-37-34-30-27-25-23-21-19-20-22-24-26-28-31-35-39-43-47-51-55-59-70-64(69)58-54-50-46-42-38-32-16-14-12-10-8-6-4-2/h8,10,14,16,21,23,52,56,61-62,66-67H,3-7,9,11-13,15,17-20,22,24-51,53-55,57-60H2,1-2H3,(H,65,68)/b10-8-,16-14-,23-21-,56-52+. The Hall–Kier alpha value is -2.18. The maximum atomic E-state index is 12.5. The highest BCUT2D eigenvalue weighted by molar-refractivity contribution is 5.76. The second-order valence-electron chi connectivity index (χ2n) is 21.0. The van der Waals surface area contributed by atoms with E-state index in [1.807, 2.05) is 6.08 Å². The number of ether oxygens (including phenoxy) is 1. The van der Waals surface area contributed by atoms with Gasteiger partial charge in [0.1, 0.15) is 0 Å². The Morgan fingerprint density at radius 3 is 1.16 bits per heavy atom. The molecule has 2 atom stereocenters. The van der Waals surface area contributed by atoms with Gasteiger partial charge in [0.2, 0.25) is 5.91 Å². The van der Waals surface area contributed by atoms with Crippen molar-refractivity contribution < 1.29 is 24.5 Å². The zero-order chi connectivity index (χ0) is 50.7. The number of carbonyl (C=O) groups excluding carboxylic acids is 2. The first-order valence-corrected chi connectivity index (χ1v) is 30.9. The van der Waals surface area contributed by atoms with Crippen LogP contribution in [0.2, 0.25) is 0 Å². The molecular formula is C64H119NO5. The zero-order valence-corrected chi connectivity index (χ0v) is 46.7. The molecule has 0 aliphatic rings. The molecule has 3 N–H and O–H groups in total. The van der Waals surface area contributed by atoms with E-state index >= 15 is 0 Å². The average molecular weight is 983 g/mol. The van der Waals surface area contributed by atoms with Gasteiger partial charge in [0.25, 0.3) is 0 Å². The first-order chi connectivity index (χ1) is 34.5. The molecule has 6 nitrogen and oxygen atoms in total. The quantitative estimate of drug-likeness (QED) is 0.0321. The predicted octanol–water partition coefficient (Wildman–Crippen LogP) is 19.4. The molecule has 410 valence electrons. The van der Waals surface area contributed by atoms with Crippen molar-refractivity contribution >= 4 is 11.9 Å². The van der Waals surface area contributed by atoms with Gasteiger partial charge in [-0.2, -0.15) is 0 Å². The van der Waals surface area contributed by atoms with Crippen molar-refractivity contribution in [3.05, 3.63) is 48.6 Å². The zero-order valence-electron chi connectivity index (χ0n) is 46.7. The van der Waals surface area contributed by atoms with Crippen LogP contribution in [0.3, 0.4) is 0 Å². The summed E-state index contributed by atoms with van der Waals surface area (Å²) in [4.78, 5) is 24.5. The van der Waals surface area contributed by atoms with Crippen molar-refractivity contribution in [2.45, 2.75) is 334 Å². The van der Waals surface area contributed by atoms with Crippen LogP contribution in [0, 0.1) is 0 Å². The van der Waals surface area contributed by atoms with Gasteiger partial charge in [0, 0.05) is 12.8 Å². The number of hydrogen-bond acceptors (Lipinski definition) is 5. The summed E-state index contributed by atoms with van der Waals surface area (Å²) >= 11 is 0. The summed E-state index contributed by atoms with van der Waals surface area (Å²) in [6, 6.07) is -0.632. The molecule has 0 rings (SSSR count). The third-order valence-corrected chi connectivity index (χ3v) is 14.0. The van der Waals surface area contributed by atoms with Gasteiger partial charge in [-0.05, 0) is 83.5 Å². The van der Waals surface area contributed by atoms with Crippen LogP contribution in [0.25, 0.3) is 0 Å². The summed E-state index contributed by atoms with van der Waals surface area (Å²) in [6.07, 6.45) is 75.8. The fourth-order valence-corrected chi connectivity index (χ4v) is 9.31.